The zero-order valence-electron chi connectivity index (χ0n) is 11.9. The molecule has 0 aliphatic carbocycles. The molecule has 1 fully saturated rings. The number of carbonyl (C=O) groups excluding carboxylic acids is 1. The first-order valence-corrected chi connectivity index (χ1v) is 7.19. The van der Waals surface area contributed by atoms with Gasteiger partial charge in [-0.15, -0.1) is 0 Å². The van der Waals surface area contributed by atoms with Crippen LogP contribution in [0.5, 0.6) is 0 Å². The van der Waals surface area contributed by atoms with Crippen LogP contribution in [-0.2, 0) is 0 Å². The summed E-state index contributed by atoms with van der Waals surface area (Å²) in [5.41, 5.74) is 0.688. The highest BCUT2D eigenvalue weighted by Crippen LogP contribution is 2.24. The van der Waals surface area contributed by atoms with Gasteiger partial charge in [0.15, 0.2) is 0 Å². The summed E-state index contributed by atoms with van der Waals surface area (Å²) in [5, 5.41) is 3.83. The van der Waals surface area contributed by atoms with Gasteiger partial charge in [0, 0.05) is 24.2 Å². The largest absolute Gasteiger partial charge is 0.350 e. The maximum atomic E-state index is 13.7. The van der Waals surface area contributed by atoms with Crippen molar-refractivity contribution in [3.05, 3.63) is 41.9 Å². The fraction of sp³-hybridized carbons (Fsp3) is 0.375. The van der Waals surface area contributed by atoms with E-state index in [2.05, 4.69) is 5.16 Å². The number of nitrogens with zero attached hydrogens (tertiary/aromatic N) is 2. The van der Waals surface area contributed by atoms with Crippen molar-refractivity contribution in [1.29, 1.82) is 0 Å². The number of rotatable bonds is 2. The molecule has 1 aliphatic heterocycles. The second-order valence-electron chi connectivity index (χ2n) is 5.40. The summed E-state index contributed by atoms with van der Waals surface area (Å²) >= 11 is 0. The SMILES string of the molecule is C[C@@H]1CCCCN1C(=O)c1cc(-c2ccccc2F)no1. The second kappa shape index (κ2) is 5.68. The highest BCUT2D eigenvalue weighted by Gasteiger charge is 2.27. The molecule has 1 aromatic carbocycles. The van der Waals surface area contributed by atoms with Crippen molar-refractivity contribution in [2.75, 3.05) is 6.54 Å². The van der Waals surface area contributed by atoms with Crippen LogP contribution in [0.2, 0.25) is 0 Å². The summed E-state index contributed by atoms with van der Waals surface area (Å²) in [6.45, 7) is 2.76. The fourth-order valence-corrected chi connectivity index (χ4v) is 2.71. The molecule has 0 bridgehead atoms. The van der Waals surface area contributed by atoms with Crippen LogP contribution in [0.1, 0.15) is 36.7 Å². The van der Waals surface area contributed by atoms with Crippen molar-refractivity contribution in [3.8, 4) is 11.3 Å². The lowest BCUT2D eigenvalue weighted by atomic mass is 10.0. The number of piperidine rings is 1. The molecule has 1 amide bonds. The van der Waals surface area contributed by atoms with Crippen LogP contribution in [0.15, 0.2) is 34.9 Å². The molecule has 3 rings (SSSR count). The Morgan fingerprint density at radius 1 is 1.38 bits per heavy atom. The standard InChI is InChI=1S/C16H17FN2O2/c1-11-6-4-5-9-19(11)16(20)15-10-14(18-21-15)12-7-2-3-8-13(12)17/h2-3,7-8,10-11H,4-6,9H2,1H3/t11-/m1/s1. The molecule has 21 heavy (non-hydrogen) atoms. The molecule has 0 spiro atoms. The lowest BCUT2D eigenvalue weighted by Gasteiger charge is -2.32. The van der Waals surface area contributed by atoms with E-state index < -0.39 is 0 Å². The lowest BCUT2D eigenvalue weighted by molar-refractivity contribution is 0.0593. The van der Waals surface area contributed by atoms with Crippen molar-refractivity contribution in [3.63, 3.8) is 0 Å². The monoisotopic (exact) mass is 288 g/mol. The molecular formula is C16H17FN2O2. The molecule has 0 saturated carbocycles. The molecule has 4 nitrogen and oxygen atoms in total. The van der Waals surface area contributed by atoms with E-state index in [1.165, 1.54) is 12.1 Å². The Hall–Kier alpha value is -2.17. The predicted octanol–water partition coefficient (Wildman–Crippen LogP) is 3.50. The maximum Gasteiger partial charge on any atom is 0.292 e. The minimum atomic E-state index is -0.379. The van der Waals surface area contributed by atoms with Crippen LogP contribution in [0, 0.1) is 5.82 Å². The van der Waals surface area contributed by atoms with Crippen LogP contribution >= 0.6 is 0 Å². The highest BCUT2D eigenvalue weighted by atomic mass is 19.1. The van der Waals surface area contributed by atoms with Gasteiger partial charge in [0.2, 0.25) is 5.76 Å². The Labute approximate surface area is 122 Å². The summed E-state index contributed by atoms with van der Waals surface area (Å²) in [6.07, 6.45) is 3.15. The van der Waals surface area contributed by atoms with E-state index in [0.29, 0.717) is 11.3 Å². The van der Waals surface area contributed by atoms with E-state index in [9.17, 15) is 9.18 Å². The van der Waals surface area contributed by atoms with Crippen molar-refractivity contribution in [2.24, 2.45) is 0 Å². The van der Waals surface area contributed by atoms with Crippen molar-refractivity contribution in [1.82, 2.24) is 10.1 Å². The zero-order valence-corrected chi connectivity index (χ0v) is 11.9. The lowest BCUT2D eigenvalue weighted by Crippen LogP contribution is -2.41. The smallest absolute Gasteiger partial charge is 0.292 e. The summed E-state index contributed by atoms with van der Waals surface area (Å²) in [4.78, 5) is 14.2. The van der Waals surface area contributed by atoms with Gasteiger partial charge >= 0.3 is 0 Å². The van der Waals surface area contributed by atoms with Crippen LogP contribution < -0.4 is 0 Å². The Morgan fingerprint density at radius 2 is 2.19 bits per heavy atom. The van der Waals surface area contributed by atoms with E-state index in [1.54, 1.807) is 23.1 Å². The molecule has 0 unspecified atom stereocenters. The molecule has 1 saturated heterocycles. The van der Waals surface area contributed by atoms with Gasteiger partial charge in [0.1, 0.15) is 11.5 Å². The third kappa shape index (κ3) is 2.68. The first kappa shape index (κ1) is 13.8. The van der Waals surface area contributed by atoms with Crippen LogP contribution in [0.3, 0.4) is 0 Å². The number of benzene rings is 1. The molecule has 0 radical (unpaired) electrons. The molecule has 1 atom stereocenters. The van der Waals surface area contributed by atoms with E-state index in [0.717, 1.165) is 25.8 Å². The Bertz CT molecular complexity index is 653. The molecule has 0 N–H and O–H groups in total. The Kier molecular flexibility index (Phi) is 3.73. The van der Waals surface area contributed by atoms with Crippen molar-refractivity contribution < 1.29 is 13.7 Å². The maximum absolute atomic E-state index is 13.7. The number of carbonyl (C=O) groups is 1. The number of aromatic nitrogens is 1. The van der Waals surface area contributed by atoms with Crippen LogP contribution in [0.25, 0.3) is 11.3 Å². The molecule has 5 heteroatoms. The molecule has 2 heterocycles. The number of likely N-dealkylation sites (tertiary alicyclic amines) is 1. The van der Waals surface area contributed by atoms with Gasteiger partial charge in [-0.2, -0.15) is 0 Å². The van der Waals surface area contributed by atoms with Crippen LogP contribution in [0.4, 0.5) is 4.39 Å². The first-order valence-electron chi connectivity index (χ1n) is 7.19. The highest BCUT2D eigenvalue weighted by molar-refractivity contribution is 5.92. The Morgan fingerprint density at radius 3 is 2.95 bits per heavy atom. The zero-order chi connectivity index (χ0) is 14.8. The minimum absolute atomic E-state index is 0.169. The topological polar surface area (TPSA) is 46.3 Å². The van der Waals surface area contributed by atoms with E-state index in [1.807, 2.05) is 6.92 Å². The quantitative estimate of drug-likeness (QED) is 0.849. The fourth-order valence-electron chi connectivity index (χ4n) is 2.71. The summed E-state index contributed by atoms with van der Waals surface area (Å²) < 4.78 is 18.9. The van der Waals surface area contributed by atoms with E-state index in [-0.39, 0.29) is 23.5 Å². The van der Waals surface area contributed by atoms with E-state index in [4.69, 9.17) is 4.52 Å². The van der Waals surface area contributed by atoms with Crippen LogP contribution in [-0.4, -0.2) is 28.6 Å². The molecule has 110 valence electrons. The summed E-state index contributed by atoms with van der Waals surface area (Å²) in [5.74, 6) is -0.379. The third-order valence-corrected chi connectivity index (χ3v) is 3.93. The van der Waals surface area contributed by atoms with Gasteiger partial charge < -0.3 is 9.42 Å². The Balaban J connectivity index is 1.85. The second-order valence-corrected chi connectivity index (χ2v) is 5.40. The molecule has 1 aromatic heterocycles. The summed E-state index contributed by atoms with van der Waals surface area (Å²) in [7, 11) is 0. The van der Waals surface area contributed by atoms with Crippen molar-refractivity contribution in [2.45, 2.75) is 32.2 Å². The number of hydrogen-bond donors (Lipinski definition) is 0. The molecular weight excluding hydrogens is 271 g/mol. The minimum Gasteiger partial charge on any atom is -0.350 e. The van der Waals surface area contributed by atoms with E-state index >= 15 is 0 Å². The predicted molar refractivity (Wildman–Crippen MR) is 76.2 cm³/mol. The summed E-state index contributed by atoms with van der Waals surface area (Å²) in [6, 6.07) is 8.03. The number of hydrogen-bond acceptors (Lipinski definition) is 3. The third-order valence-electron chi connectivity index (χ3n) is 3.93. The average Bonchev–Trinajstić information content (AvgIpc) is 2.97. The van der Waals surface area contributed by atoms with Gasteiger partial charge in [-0.25, -0.2) is 4.39 Å². The average molecular weight is 288 g/mol. The molecule has 1 aliphatic rings. The van der Waals surface area contributed by atoms with Gasteiger partial charge in [0.25, 0.3) is 5.91 Å². The first-order chi connectivity index (χ1) is 10.2. The van der Waals surface area contributed by atoms with Crippen molar-refractivity contribution >= 4 is 5.91 Å². The van der Waals surface area contributed by atoms with Gasteiger partial charge in [-0.05, 0) is 38.3 Å². The molecule has 2 aromatic rings. The van der Waals surface area contributed by atoms with Gasteiger partial charge in [0.05, 0.1) is 0 Å². The number of halogens is 1. The number of amides is 1. The van der Waals surface area contributed by atoms with Gasteiger partial charge in [-0.1, -0.05) is 17.3 Å². The normalized spacial score (nSPS) is 18.8. The van der Waals surface area contributed by atoms with Gasteiger partial charge in [-0.3, -0.25) is 4.79 Å².